The van der Waals surface area contributed by atoms with Crippen LogP contribution in [0.2, 0.25) is 0 Å². The zero-order chi connectivity index (χ0) is 22.5. The van der Waals surface area contributed by atoms with Gasteiger partial charge in [0.15, 0.2) is 5.16 Å². The molecule has 8 heteroatoms. The van der Waals surface area contributed by atoms with Gasteiger partial charge in [0.2, 0.25) is 11.8 Å². The van der Waals surface area contributed by atoms with Gasteiger partial charge in [-0.25, -0.2) is 14.9 Å². The van der Waals surface area contributed by atoms with Gasteiger partial charge in [0, 0.05) is 18.9 Å². The molecule has 0 radical (unpaired) electrons. The van der Waals surface area contributed by atoms with Crippen LogP contribution in [0, 0.1) is 6.92 Å². The average molecular weight is 447 g/mol. The van der Waals surface area contributed by atoms with E-state index in [0.29, 0.717) is 10.8 Å². The van der Waals surface area contributed by atoms with Crippen LogP contribution in [0.1, 0.15) is 17.5 Å². The van der Waals surface area contributed by atoms with Gasteiger partial charge in [-0.2, -0.15) is 0 Å². The number of amides is 3. The summed E-state index contributed by atoms with van der Waals surface area (Å²) < 4.78 is 0. The lowest BCUT2D eigenvalue weighted by Gasteiger charge is -2.27. The largest absolute Gasteiger partial charge is 0.325 e. The van der Waals surface area contributed by atoms with Crippen molar-refractivity contribution >= 4 is 35.2 Å². The van der Waals surface area contributed by atoms with Crippen molar-refractivity contribution in [2.24, 2.45) is 0 Å². The summed E-state index contributed by atoms with van der Waals surface area (Å²) in [5.74, 6) is -0.875. The van der Waals surface area contributed by atoms with E-state index in [9.17, 15) is 14.4 Å². The molecule has 2 aromatic carbocycles. The molecule has 0 saturated carbocycles. The van der Waals surface area contributed by atoms with Gasteiger partial charge in [-0.05, 0) is 30.7 Å². The molecule has 0 bridgehead atoms. The SMILES string of the molecule is Cc1ccc(N2C(=O)CC(N(Cc3ccccc3)C(=O)CSc3ncccn3)C2=O)cc1. The Morgan fingerprint density at radius 2 is 1.72 bits per heavy atom. The number of carbonyl (C=O) groups excluding carboxylic acids is 3. The summed E-state index contributed by atoms with van der Waals surface area (Å²) in [5.41, 5.74) is 2.44. The third kappa shape index (κ3) is 4.86. The van der Waals surface area contributed by atoms with E-state index in [1.165, 1.54) is 21.6 Å². The molecule has 4 rings (SSSR count). The number of anilines is 1. The maximum atomic E-state index is 13.3. The third-order valence-corrected chi connectivity index (χ3v) is 6.03. The minimum atomic E-state index is -0.853. The monoisotopic (exact) mass is 446 g/mol. The quantitative estimate of drug-likeness (QED) is 0.315. The van der Waals surface area contributed by atoms with Crippen LogP contribution in [0.15, 0.2) is 78.2 Å². The summed E-state index contributed by atoms with van der Waals surface area (Å²) in [6.45, 7) is 2.18. The number of rotatable bonds is 7. The number of carbonyl (C=O) groups is 3. The van der Waals surface area contributed by atoms with Gasteiger partial charge < -0.3 is 4.90 Å². The number of aromatic nitrogens is 2. The molecule has 0 aliphatic carbocycles. The van der Waals surface area contributed by atoms with E-state index in [4.69, 9.17) is 0 Å². The highest BCUT2D eigenvalue weighted by atomic mass is 32.2. The van der Waals surface area contributed by atoms with E-state index in [1.54, 1.807) is 30.6 Å². The van der Waals surface area contributed by atoms with Gasteiger partial charge in [-0.1, -0.05) is 59.8 Å². The van der Waals surface area contributed by atoms with Crippen LogP contribution in [0.25, 0.3) is 0 Å². The second-order valence-corrected chi connectivity index (χ2v) is 8.39. The maximum Gasteiger partial charge on any atom is 0.257 e. The predicted octanol–water partition coefficient (Wildman–Crippen LogP) is 3.24. The Morgan fingerprint density at radius 1 is 1.03 bits per heavy atom. The first-order chi connectivity index (χ1) is 15.5. The zero-order valence-corrected chi connectivity index (χ0v) is 18.4. The minimum absolute atomic E-state index is 0.0439. The molecule has 0 spiro atoms. The number of nitrogens with zero attached hydrogens (tertiary/aromatic N) is 4. The predicted molar refractivity (Wildman–Crippen MR) is 122 cm³/mol. The Hall–Kier alpha value is -3.52. The smallest absolute Gasteiger partial charge is 0.257 e. The van der Waals surface area contributed by atoms with Gasteiger partial charge >= 0.3 is 0 Å². The molecule has 32 heavy (non-hydrogen) atoms. The molecule has 1 atom stereocenters. The molecule has 3 aromatic rings. The van der Waals surface area contributed by atoms with Crippen molar-refractivity contribution in [2.75, 3.05) is 10.7 Å². The fourth-order valence-electron chi connectivity index (χ4n) is 3.55. The van der Waals surface area contributed by atoms with Crippen molar-refractivity contribution in [1.29, 1.82) is 0 Å². The lowest BCUT2D eigenvalue weighted by molar-refractivity contribution is -0.136. The molecule has 2 heterocycles. The number of benzene rings is 2. The summed E-state index contributed by atoms with van der Waals surface area (Å²) in [6.07, 6.45) is 3.18. The average Bonchev–Trinajstić information content (AvgIpc) is 3.11. The van der Waals surface area contributed by atoms with Gasteiger partial charge in [-0.3, -0.25) is 14.4 Å². The molecular weight excluding hydrogens is 424 g/mol. The van der Waals surface area contributed by atoms with Gasteiger partial charge in [0.25, 0.3) is 5.91 Å². The summed E-state index contributed by atoms with van der Waals surface area (Å²) in [6, 6.07) is 17.5. The van der Waals surface area contributed by atoms with E-state index < -0.39 is 6.04 Å². The Bertz CT molecular complexity index is 1110. The molecule has 3 amide bonds. The van der Waals surface area contributed by atoms with Crippen molar-refractivity contribution in [3.63, 3.8) is 0 Å². The number of aryl methyl sites for hydroxylation is 1. The molecule has 1 unspecified atom stereocenters. The van der Waals surface area contributed by atoms with E-state index in [0.717, 1.165) is 11.1 Å². The van der Waals surface area contributed by atoms with Crippen LogP contribution in [-0.2, 0) is 20.9 Å². The Balaban J connectivity index is 1.57. The van der Waals surface area contributed by atoms with Crippen molar-refractivity contribution < 1.29 is 14.4 Å². The highest BCUT2D eigenvalue weighted by Crippen LogP contribution is 2.28. The first-order valence-electron chi connectivity index (χ1n) is 10.2. The van der Waals surface area contributed by atoms with Crippen molar-refractivity contribution in [2.45, 2.75) is 31.1 Å². The maximum absolute atomic E-state index is 13.3. The van der Waals surface area contributed by atoms with Crippen LogP contribution in [0.3, 0.4) is 0 Å². The highest BCUT2D eigenvalue weighted by Gasteiger charge is 2.44. The number of hydrogen-bond donors (Lipinski definition) is 0. The van der Waals surface area contributed by atoms with Gasteiger partial charge in [0.05, 0.1) is 17.9 Å². The van der Waals surface area contributed by atoms with Crippen LogP contribution in [0.5, 0.6) is 0 Å². The van der Waals surface area contributed by atoms with Gasteiger partial charge in [0.1, 0.15) is 6.04 Å². The fraction of sp³-hybridized carbons (Fsp3) is 0.208. The third-order valence-electron chi connectivity index (χ3n) is 5.17. The molecule has 1 aliphatic rings. The lowest BCUT2D eigenvalue weighted by Crippen LogP contribution is -2.45. The first kappa shape index (κ1) is 21.7. The fourth-order valence-corrected chi connectivity index (χ4v) is 4.24. The second-order valence-electron chi connectivity index (χ2n) is 7.45. The molecular formula is C24H22N4O3S. The van der Waals surface area contributed by atoms with Crippen molar-refractivity contribution in [3.05, 3.63) is 84.2 Å². The summed E-state index contributed by atoms with van der Waals surface area (Å²) in [5, 5.41) is 0.482. The van der Waals surface area contributed by atoms with Crippen LogP contribution in [-0.4, -0.2) is 44.4 Å². The molecule has 7 nitrogen and oxygen atoms in total. The van der Waals surface area contributed by atoms with E-state index >= 15 is 0 Å². The van der Waals surface area contributed by atoms with Gasteiger partial charge in [-0.15, -0.1) is 0 Å². The van der Waals surface area contributed by atoms with Crippen LogP contribution in [0.4, 0.5) is 5.69 Å². The second kappa shape index (κ2) is 9.74. The van der Waals surface area contributed by atoms with E-state index in [2.05, 4.69) is 9.97 Å². The number of thioether (sulfide) groups is 1. The Morgan fingerprint density at radius 3 is 2.41 bits per heavy atom. The lowest BCUT2D eigenvalue weighted by atomic mass is 10.1. The zero-order valence-electron chi connectivity index (χ0n) is 17.5. The van der Waals surface area contributed by atoms with E-state index in [-0.39, 0.29) is 36.4 Å². The van der Waals surface area contributed by atoms with E-state index in [1.807, 2.05) is 49.4 Å². The topological polar surface area (TPSA) is 83.5 Å². The molecule has 162 valence electrons. The molecule has 1 saturated heterocycles. The summed E-state index contributed by atoms with van der Waals surface area (Å²) in [4.78, 5) is 50.2. The summed E-state index contributed by atoms with van der Waals surface area (Å²) in [7, 11) is 0. The standard InChI is InChI=1S/C24H22N4O3S/c1-17-8-10-19(11-9-17)28-21(29)14-20(23(28)31)27(15-18-6-3-2-4-7-18)22(30)16-32-24-25-12-5-13-26-24/h2-13,20H,14-16H2,1H3. The van der Waals surface area contributed by atoms with Crippen LogP contribution >= 0.6 is 11.8 Å². The minimum Gasteiger partial charge on any atom is -0.325 e. The molecule has 1 aromatic heterocycles. The van der Waals surface area contributed by atoms with Crippen LogP contribution < -0.4 is 4.90 Å². The van der Waals surface area contributed by atoms with Crippen molar-refractivity contribution in [1.82, 2.24) is 14.9 Å². The molecule has 1 fully saturated rings. The highest BCUT2D eigenvalue weighted by molar-refractivity contribution is 7.99. The Labute approximate surface area is 190 Å². The molecule has 0 N–H and O–H groups in total. The number of imide groups is 1. The normalized spacial score (nSPS) is 15.8. The first-order valence-corrected chi connectivity index (χ1v) is 11.2. The summed E-state index contributed by atoms with van der Waals surface area (Å²) >= 11 is 1.20. The van der Waals surface area contributed by atoms with Crippen molar-refractivity contribution in [3.8, 4) is 0 Å². The molecule has 1 aliphatic heterocycles. The Kier molecular flexibility index (Phi) is 6.61. The number of hydrogen-bond acceptors (Lipinski definition) is 6.